The summed E-state index contributed by atoms with van der Waals surface area (Å²) in [6.45, 7) is 8.52. The van der Waals surface area contributed by atoms with Crippen molar-refractivity contribution in [3.63, 3.8) is 0 Å². The van der Waals surface area contributed by atoms with Gasteiger partial charge in [0.25, 0.3) is 0 Å². The van der Waals surface area contributed by atoms with Gasteiger partial charge in [-0.25, -0.2) is 0 Å². The highest BCUT2D eigenvalue weighted by atomic mass is 32.1. The second kappa shape index (κ2) is 9.57. The zero-order chi connectivity index (χ0) is 22.0. The van der Waals surface area contributed by atoms with E-state index in [-0.39, 0.29) is 0 Å². The van der Waals surface area contributed by atoms with Crippen LogP contribution in [0.3, 0.4) is 0 Å². The number of rotatable bonds is 7. The molecule has 1 unspecified atom stereocenters. The molecule has 0 radical (unpaired) electrons. The molecular weight excluding hydrogens is 406 g/mol. The minimum atomic E-state index is 0.542. The number of nitrogens with one attached hydrogen (secondary N) is 2. The molecule has 0 amide bonds. The Morgan fingerprint density at radius 3 is 2.68 bits per heavy atom. The standard InChI is InChI=1S/C24H35N5OS/c1-16(2)13-25-24(31)26-14-19-11-18-9-10-29(19)15-21(18)23-12-22(27-28(23)3)17-5-7-20(30-4)8-6-17/h5-8,12,16,18-19,21H,9-11,13-15H2,1-4H3,(H2,25,26,31)/t18-,19+,21-/m0/s1. The summed E-state index contributed by atoms with van der Waals surface area (Å²) in [5, 5.41) is 12.4. The van der Waals surface area contributed by atoms with Gasteiger partial charge >= 0.3 is 0 Å². The fourth-order valence-electron chi connectivity index (χ4n) is 4.99. The van der Waals surface area contributed by atoms with Crippen molar-refractivity contribution in [1.29, 1.82) is 0 Å². The van der Waals surface area contributed by atoms with E-state index >= 15 is 0 Å². The van der Waals surface area contributed by atoms with Crippen LogP contribution in [0.25, 0.3) is 11.3 Å². The fraction of sp³-hybridized carbons (Fsp3) is 0.583. The summed E-state index contributed by atoms with van der Waals surface area (Å²) in [5.41, 5.74) is 3.52. The molecular formula is C24H35N5OS. The largest absolute Gasteiger partial charge is 0.497 e. The summed E-state index contributed by atoms with van der Waals surface area (Å²) in [6.07, 6.45) is 2.48. The molecule has 3 aliphatic rings. The molecule has 7 heteroatoms. The lowest BCUT2D eigenvalue weighted by Gasteiger charge is -2.50. The van der Waals surface area contributed by atoms with Crippen molar-refractivity contribution in [2.75, 3.05) is 33.3 Å². The van der Waals surface area contributed by atoms with Gasteiger partial charge in [-0.15, -0.1) is 0 Å². The Balaban J connectivity index is 1.39. The van der Waals surface area contributed by atoms with Gasteiger partial charge in [0.05, 0.1) is 12.8 Å². The van der Waals surface area contributed by atoms with Crippen molar-refractivity contribution in [3.8, 4) is 17.0 Å². The molecule has 1 aromatic carbocycles. The summed E-state index contributed by atoms with van der Waals surface area (Å²) in [7, 11) is 3.78. The van der Waals surface area contributed by atoms with Crippen LogP contribution in [0, 0.1) is 11.8 Å². The molecule has 2 N–H and O–H groups in total. The molecule has 0 aliphatic carbocycles. The molecule has 0 saturated carbocycles. The predicted molar refractivity (Wildman–Crippen MR) is 129 cm³/mol. The fourth-order valence-corrected chi connectivity index (χ4v) is 5.15. The van der Waals surface area contributed by atoms with Crippen LogP contribution in [0.4, 0.5) is 0 Å². The summed E-state index contributed by atoms with van der Waals surface area (Å²) < 4.78 is 7.37. The summed E-state index contributed by atoms with van der Waals surface area (Å²) in [4.78, 5) is 2.64. The van der Waals surface area contributed by atoms with Gasteiger partial charge in [0.1, 0.15) is 5.75 Å². The van der Waals surface area contributed by atoms with Gasteiger partial charge in [0, 0.05) is 49.9 Å². The van der Waals surface area contributed by atoms with Gasteiger partial charge in [0.2, 0.25) is 0 Å². The van der Waals surface area contributed by atoms with E-state index in [1.54, 1.807) is 7.11 Å². The Bertz CT molecular complexity index is 894. The molecule has 0 spiro atoms. The van der Waals surface area contributed by atoms with Gasteiger partial charge < -0.3 is 15.4 Å². The maximum Gasteiger partial charge on any atom is 0.166 e. The van der Waals surface area contributed by atoms with Crippen molar-refractivity contribution in [1.82, 2.24) is 25.3 Å². The first-order chi connectivity index (χ1) is 14.9. The lowest BCUT2D eigenvalue weighted by Crippen LogP contribution is -2.56. The van der Waals surface area contributed by atoms with Crippen molar-refractivity contribution >= 4 is 17.3 Å². The van der Waals surface area contributed by atoms with Crippen LogP contribution in [0.5, 0.6) is 5.75 Å². The molecule has 31 heavy (non-hydrogen) atoms. The minimum absolute atomic E-state index is 0.542. The number of aryl methyl sites for hydroxylation is 1. The first-order valence-electron chi connectivity index (χ1n) is 11.4. The number of piperidine rings is 3. The number of hydrogen-bond acceptors (Lipinski definition) is 4. The van der Waals surface area contributed by atoms with Gasteiger partial charge in [-0.05, 0) is 73.8 Å². The predicted octanol–water partition coefficient (Wildman–Crippen LogP) is 3.39. The number of methoxy groups -OCH3 is 1. The Hall–Kier alpha value is -2.12. The lowest BCUT2D eigenvalue weighted by molar-refractivity contribution is 0.0303. The number of fused-ring (bicyclic) bond motifs is 3. The first kappa shape index (κ1) is 22.1. The van der Waals surface area contributed by atoms with E-state index in [0.29, 0.717) is 23.8 Å². The highest BCUT2D eigenvalue weighted by molar-refractivity contribution is 7.80. The molecule has 4 heterocycles. The summed E-state index contributed by atoms with van der Waals surface area (Å²) >= 11 is 5.45. The highest BCUT2D eigenvalue weighted by Gasteiger charge is 2.41. The number of thiocarbonyl (C=S) groups is 1. The van der Waals surface area contributed by atoms with Crippen molar-refractivity contribution in [3.05, 3.63) is 36.0 Å². The average Bonchev–Trinajstić information content (AvgIpc) is 3.18. The second-order valence-corrected chi connectivity index (χ2v) is 9.74. The maximum absolute atomic E-state index is 5.45. The third kappa shape index (κ3) is 5.04. The maximum atomic E-state index is 5.45. The number of nitrogens with zero attached hydrogens (tertiary/aromatic N) is 3. The van der Waals surface area contributed by atoms with Gasteiger partial charge in [-0.1, -0.05) is 13.8 Å². The van der Waals surface area contributed by atoms with Crippen LogP contribution in [0.15, 0.2) is 30.3 Å². The molecule has 2 aromatic rings. The summed E-state index contributed by atoms with van der Waals surface area (Å²) in [5.74, 6) is 2.71. The monoisotopic (exact) mass is 441 g/mol. The number of aromatic nitrogens is 2. The lowest BCUT2D eigenvalue weighted by atomic mass is 9.74. The molecule has 2 bridgehead atoms. The Morgan fingerprint density at radius 2 is 2.03 bits per heavy atom. The van der Waals surface area contributed by atoms with E-state index in [4.69, 9.17) is 22.1 Å². The van der Waals surface area contributed by atoms with E-state index in [2.05, 4.69) is 59.3 Å². The van der Waals surface area contributed by atoms with Crippen LogP contribution in [0.1, 0.15) is 38.3 Å². The van der Waals surface area contributed by atoms with Crippen molar-refractivity contribution in [2.45, 2.75) is 38.6 Å². The van der Waals surface area contributed by atoms with Crippen LogP contribution in [-0.2, 0) is 7.05 Å². The van der Waals surface area contributed by atoms with E-state index in [0.717, 1.165) is 41.8 Å². The molecule has 168 valence electrons. The first-order valence-corrected chi connectivity index (χ1v) is 11.8. The molecule has 6 nitrogen and oxygen atoms in total. The molecule has 1 aromatic heterocycles. The number of benzene rings is 1. The van der Waals surface area contributed by atoms with Crippen LogP contribution >= 0.6 is 12.2 Å². The molecule has 3 aliphatic heterocycles. The van der Waals surface area contributed by atoms with E-state index in [9.17, 15) is 0 Å². The van der Waals surface area contributed by atoms with Gasteiger partial charge in [0.15, 0.2) is 5.11 Å². The Morgan fingerprint density at radius 1 is 1.26 bits per heavy atom. The average molecular weight is 442 g/mol. The van der Waals surface area contributed by atoms with Crippen molar-refractivity contribution in [2.24, 2.45) is 18.9 Å². The van der Waals surface area contributed by atoms with Crippen LogP contribution < -0.4 is 15.4 Å². The minimum Gasteiger partial charge on any atom is -0.497 e. The normalized spacial score (nSPS) is 24.9. The van der Waals surface area contributed by atoms with E-state index in [1.165, 1.54) is 25.1 Å². The zero-order valence-corrected chi connectivity index (χ0v) is 19.9. The smallest absolute Gasteiger partial charge is 0.166 e. The topological polar surface area (TPSA) is 54.4 Å². The summed E-state index contributed by atoms with van der Waals surface area (Å²) in [6, 6.07) is 11.0. The second-order valence-electron chi connectivity index (χ2n) is 9.33. The molecule has 4 atom stereocenters. The molecule has 3 fully saturated rings. The molecule has 3 saturated heterocycles. The Labute approximate surface area is 191 Å². The zero-order valence-electron chi connectivity index (χ0n) is 19.1. The molecule has 5 rings (SSSR count). The van der Waals surface area contributed by atoms with E-state index in [1.807, 2.05) is 12.1 Å². The Kier molecular flexibility index (Phi) is 6.82. The number of hydrogen-bond donors (Lipinski definition) is 2. The quantitative estimate of drug-likeness (QED) is 0.643. The van der Waals surface area contributed by atoms with Gasteiger partial charge in [-0.3, -0.25) is 9.58 Å². The van der Waals surface area contributed by atoms with Crippen LogP contribution in [0.2, 0.25) is 0 Å². The van der Waals surface area contributed by atoms with E-state index < -0.39 is 0 Å². The number of ether oxygens (including phenoxy) is 1. The van der Waals surface area contributed by atoms with Crippen molar-refractivity contribution < 1.29 is 4.74 Å². The van der Waals surface area contributed by atoms with Crippen LogP contribution in [-0.4, -0.2) is 59.1 Å². The van der Waals surface area contributed by atoms with Gasteiger partial charge in [-0.2, -0.15) is 5.10 Å². The third-order valence-electron chi connectivity index (χ3n) is 6.73. The SMILES string of the molecule is COc1ccc(-c2cc([C@H]3CN4CC[C@H]3C[C@@H]4CNC(=S)NCC(C)C)n(C)n2)cc1. The highest BCUT2D eigenvalue weighted by Crippen LogP contribution is 2.42. The third-order valence-corrected chi connectivity index (χ3v) is 7.02.